The molecule has 3 aromatic rings. The summed E-state index contributed by atoms with van der Waals surface area (Å²) in [4.78, 5) is 9.89. The molecule has 2 aromatic carbocycles. The maximum atomic E-state index is 11.3. The van der Waals surface area contributed by atoms with Crippen LogP contribution in [0, 0.1) is 13.8 Å². The highest BCUT2D eigenvalue weighted by Gasteiger charge is 2.15. The van der Waals surface area contributed by atoms with E-state index >= 15 is 0 Å². The van der Waals surface area contributed by atoms with Crippen molar-refractivity contribution in [3.63, 3.8) is 0 Å². The average Bonchev–Trinajstić information content (AvgIpc) is 3.13. The maximum Gasteiger partial charge on any atom is 0.248 e. The Labute approximate surface area is 161 Å². The van der Waals surface area contributed by atoms with Crippen LogP contribution in [0.25, 0.3) is 16.9 Å². The van der Waals surface area contributed by atoms with Crippen molar-refractivity contribution in [3.05, 3.63) is 47.7 Å². The van der Waals surface area contributed by atoms with Crippen LogP contribution in [0.15, 0.2) is 41.4 Å². The van der Waals surface area contributed by atoms with E-state index in [0.717, 1.165) is 45.2 Å². The fourth-order valence-corrected chi connectivity index (χ4v) is 4.44. The van der Waals surface area contributed by atoms with E-state index in [1.54, 1.807) is 30.1 Å². The zero-order valence-electron chi connectivity index (χ0n) is 15.4. The summed E-state index contributed by atoms with van der Waals surface area (Å²) in [6.07, 6.45) is 1.65. The Hall–Kier alpha value is -2.28. The minimum atomic E-state index is -2.75. The number of nitrogens with zero attached hydrogens (tertiary/aromatic N) is 3. The second-order valence-electron chi connectivity index (χ2n) is 5.85. The number of hydrogen-bond donors (Lipinski definition) is 1. The predicted molar refractivity (Wildman–Crippen MR) is 106 cm³/mol. The van der Waals surface area contributed by atoms with Crippen LogP contribution < -0.4 is 9.47 Å². The van der Waals surface area contributed by atoms with Crippen LogP contribution in [-0.4, -0.2) is 34.1 Å². The Balaban J connectivity index is 2.11. The first-order valence-corrected chi connectivity index (χ1v) is 11.0. The van der Waals surface area contributed by atoms with Crippen LogP contribution in [0.2, 0.25) is 0 Å². The van der Waals surface area contributed by atoms with Gasteiger partial charge >= 0.3 is 0 Å². The molecule has 0 aliphatic rings. The van der Waals surface area contributed by atoms with Gasteiger partial charge in [0.2, 0.25) is 7.23 Å². The van der Waals surface area contributed by atoms with E-state index in [4.69, 9.17) is 9.47 Å². The number of benzene rings is 2. The molecule has 0 bridgehead atoms. The first kappa shape index (κ1) is 19.5. The Morgan fingerprint density at radius 3 is 2.52 bits per heavy atom. The molecular weight excluding hydrogens is 385 g/mol. The first-order chi connectivity index (χ1) is 12.9. The molecule has 1 aromatic heterocycles. The van der Waals surface area contributed by atoms with Gasteiger partial charge in [0, 0.05) is 11.6 Å². The van der Waals surface area contributed by atoms with Crippen molar-refractivity contribution >= 4 is 18.6 Å². The fraction of sp³-hybridized carbons (Fsp3) is 0.222. The predicted octanol–water partition coefficient (Wildman–Crippen LogP) is 4.04. The van der Waals surface area contributed by atoms with Gasteiger partial charge in [-0.1, -0.05) is 5.21 Å². The molecule has 0 amide bonds. The molecule has 27 heavy (non-hydrogen) atoms. The molecule has 1 heterocycles. The minimum absolute atomic E-state index is 0.544. The molecule has 0 fully saturated rings. The number of ether oxygens (including phenoxy) is 2. The van der Waals surface area contributed by atoms with Crippen molar-refractivity contribution < 1.29 is 18.9 Å². The molecular formula is C18H20N3O4PS. The SMILES string of the molecule is COc1ccc(-c2cnnn2-c2cc(C)c(C)c(OC)c2)cc1S[PH](=O)O. The molecule has 0 saturated heterocycles. The highest BCUT2D eigenvalue weighted by atomic mass is 32.7. The van der Waals surface area contributed by atoms with E-state index in [2.05, 4.69) is 10.3 Å². The molecule has 0 aliphatic heterocycles. The van der Waals surface area contributed by atoms with Crippen molar-refractivity contribution in [1.29, 1.82) is 0 Å². The molecule has 0 saturated carbocycles. The van der Waals surface area contributed by atoms with Crippen molar-refractivity contribution in [2.45, 2.75) is 18.7 Å². The molecule has 3 rings (SSSR count). The number of aromatic nitrogens is 3. The molecule has 0 spiro atoms. The third kappa shape index (κ3) is 4.03. The second-order valence-corrected chi connectivity index (χ2v) is 8.69. The van der Waals surface area contributed by atoms with Gasteiger partial charge in [-0.3, -0.25) is 4.57 Å². The number of methoxy groups -OCH3 is 2. The number of hydrogen-bond acceptors (Lipinski definition) is 6. The summed E-state index contributed by atoms with van der Waals surface area (Å²) in [5, 5.41) is 8.26. The summed E-state index contributed by atoms with van der Waals surface area (Å²) in [5.74, 6) is 1.32. The Kier molecular flexibility index (Phi) is 5.89. The van der Waals surface area contributed by atoms with Gasteiger partial charge in [-0.15, -0.1) is 5.10 Å². The van der Waals surface area contributed by atoms with Crippen molar-refractivity contribution in [2.24, 2.45) is 0 Å². The zero-order valence-corrected chi connectivity index (χ0v) is 17.2. The van der Waals surface area contributed by atoms with Crippen LogP contribution in [-0.2, 0) is 4.57 Å². The normalized spacial score (nSPS) is 12.0. The summed E-state index contributed by atoms with van der Waals surface area (Å²) in [7, 11) is 0.413. The van der Waals surface area contributed by atoms with Crippen LogP contribution in [0.1, 0.15) is 11.1 Å². The van der Waals surface area contributed by atoms with Crippen LogP contribution in [0.4, 0.5) is 0 Å². The zero-order chi connectivity index (χ0) is 19.6. The van der Waals surface area contributed by atoms with E-state index in [1.165, 1.54) is 7.11 Å². The van der Waals surface area contributed by atoms with Gasteiger partial charge in [-0.2, -0.15) is 0 Å². The summed E-state index contributed by atoms with van der Waals surface area (Å²) in [5.41, 5.74) is 4.53. The van der Waals surface area contributed by atoms with Gasteiger partial charge in [-0.25, -0.2) is 4.68 Å². The second kappa shape index (κ2) is 8.17. The molecule has 7 nitrogen and oxygen atoms in total. The summed E-state index contributed by atoms with van der Waals surface area (Å²) >= 11 is 0.880. The third-order valence-corrected chi connectivity index (χ3v) is 6.17. The molecule has 142 valence electrons. The molecule has 1 N–H and O–H groups in total. The Morgan fingerprint density at radius 2 is 1.85 bits per heavy atom. The van der Waals surface area contributed by atoms with Crippen LogP contribution in [0.5, 0.6) is 11.5 Å². The van der Waals surface area contributed by atoms with Gasteiger partial charge in [0.1, 0.15) is 11.5 Å². The lowest BCUT2D eigenvalue weighted by Crippen LogP contribution is -2.02. The topological polar surface area (TPSA) is 86.5 Å². The number of aryl methyl sites for hydroxylation is 1. The van der Waals surface area contributed by atoms with E-state index in [0.29, 0.717) is 10.6 Å². The van der Waals surface area contributed by atoms with Gasteiger partial charge in [0.05, 0.1) is 36.7 Å². The summed E-state index contributed by atoms with van der Waals surface area (Å²) in [6.45, 7) is 4.02. The Bertz CT molecular complexity index is 1010. The van der Waals surface area contributed by atoms with Crippen LogP contribution in [0.3, 0.4) is 0 Å². The molecule has 1 atom stereocenters. The molecule has 0 radical (unpaired) electrons. The largest absolute Gasteiger partial charge is 0.496 e. The Morgan fingerprint density at radius 1 is 1.11 bits per heavy atom. The van der Waals surface area contributed by atoms with Gasteiger partial charge in [-0.05, 0) is 60.6 Å². The summed E-state index contributed by atoms with van der Waals surface area (Å²) in [6, 6.07) is 9.36. The highest BCUT2D eigenvalue weighted by molar-refractivity contribution is 8.50. The molecule has 0 aliphatic carbocycles. The molecule has 1 unspecified atom stereocenters. The highest BCUT2D eigenvalue weighted by Crippen LogP contribution is 2.45. The lowest BCUT2D eigenvalue weighted by Gasteiger charge is -2.13. The standard InChI is InChI=1S/C18H20N3O4PS/c1-11-7-14(9-17(25-4)12(11)2)21-15(10-19-20-21)13-5-6-16(24-3)18(8-13)27-26(22)23/h5-10,26H,1-4H3,(H,22,23). The fourth-order valence-electron chi connectivity index (χ4n) is 2.78. The quantitative estimate of drug-likeness (QED) is 0.619. The lowest BCUT2D eigenvalue weighted by atomic mass is 10.1. The molecule has 9 heteroatoms. The smallest absolute Gasteiger partial charge is 0.248 e. The monoisotopic (exact) mass is 405 g/mol. The third-order valence-electron chi connectivity index (χ3n) is 4.27. The maximum absolute atomic E-state index is 11.3. The van der Waals surface area contributed by atoms with E-state index in [9.17, 15) is 9.46 Å². The summed E-state index contributed by atoms with van der Waals surface area (Å²) < 4.78 is 23.8. The minimum Gasteiger partial charge on any atom is -0.496 e. The first-order valence-electron chi connectivity index (χ1n) is 8.10. The van der Waals surface area contributed by atoms with Gasteiger partial charge in [0.25, 0.3) is 0 Å². The average molecular weight is 405 g/mol. The van der Waals surface area contributed by atoms with Crippen LogP contribution >= 0.6 is 18.6 Å². The number of rotatable bonds is 6. The van der Waals surface area contributed by atoms with Crippen molar-refractivity contribution in [1.82, 2.24) is 15.0 Å². The van der Waals surface area contributed by atoms with Gasteiger partial charge in [0.15, 0.2) is 0 Å². The van der Waals surface area contributed by atoms with E-state index < -0.39 is 7.23 Å². The van der Waals surface area contributed by atoms with E-state index in [-0.39, 0.29) is 0 Å². The lowest BCUT2D eigenvalue weighted by molar-refractivity contribution is 0.405. The van der Waals surface area contributed by atoms with Crippen molar-refractivity contribution in [2.75, 3.05) is 14.2 Å². The van der Waals surface area contributed by atoms with Crippen molar-refractivity contribution in [3.8, 4) is 28.4 Å². The van der Waals surface area contributed by atoms with Gasteiger partial charge < -0.3 is 14.4 Å². The van der Waals surface area contributed by atoms with E-state index in [1.807, 2.05) is 32.0 Å².